The molecule has 1 nitrogen and oxygen atoms in total. The molecule has 1 fully saturated rings. The maximum absolute atomic E-state index is 9.61. The lowest BCUT2D eigenvalue weighted by molar-refractivity contribution is 0.295. The van der Waals surface area contributed by atoms with Crippen LogP contribution in [0.15, 0.2) is 29.8 Å². The second kappa shape index (κ2) is 6.91. The molecule has 19 heavy (non-hydrogen) atoms. The van der Waals surface area contributed by atoms with Crippen LogP contribution >= 0.6 is 0 Å². The highest BCUT2D eigenvalue weighted by Gasteiger charge is 2.17. The first kappa shape index (κ1) is 14.3. The maximum atomic E-state index is 9.61. The van der Waals surface area contributed by atoms with Gasteiger partial charge in [0.25, 0.3) is 0 Å². The van der Waals surface area contributed by atoms with Gasteiger partial charge in [0.1, 0.15) is 0 Å². The van der Waals surface area contributed by atoms with Gasteiger partial charge >= 0.3 is 0 Å². The minimum Gasteiger partial charge on any atom is -0.392 e. The quantitative estimate of drug-likeness (QED) is 0.825. The van der Waals surface area contributed by atoms with Crippen LogP contribution in [0, 0.1) is 5.92 Å². The summed E-state index contributed by atoms with van der Waals surface area (Å²) in [7, 11) is 0. The van der Waals surface area contributed by atoms with E-state index in [0.29, 0.717) is 11.8 Å². The van der Waals surface area contributed by atoms with Crippen LogP contribution in [0.5, 0.6) is 0 Å². The van der Waals surface area contributed by atoms with Gasteiger partial charge in [-0.3, -0.25) is 0 Å². The van der Waals surface area contributed by atoms with Crippen molar-refractivity contribution in [3.63, 3.8) is 0 Å². The summed E-state index contributed by atoms with van der Waals surface area (Å²) in [5.74, 6) is 1.18. The molecule has 0 unspecified atom stereocenters. The molecule has 0 atom stereocenters. The first-order valence-corrected chi connectivity index (χ1v) is 7.62. The molecule has 0 aliphatic heterocycles. The van der Waals surface area contributed by atoms with Gasteiger partial charge in [0.2, 0.25) is 0 Å². The molecule has 0 amide bonds. The van der Waals surface area contributed by atoms with Crippen molar-refractivity contribution >= 4 is 6.08 Å². The zero-order valence-electron chi connectivity index (χ0n) is 12.2. The number of aliphatic hydroxyl groups is 1. The van der Waals surface area contributed by atoms with E-state index in [9.17, 15) is 5.11 Å². The number of rotatable bonds is 4. The molecule has 1 heteroatoms. The predicted molar refractivity (Wildman–Crippen MR) is 82.2 cm³/mol. The minimum absolute atomic E-state index is 0.205. The lowest BCUT2D eigenvalue weighted by atomic mass is 9.83. The molecule has 0 bridgehead atoms. The number of hydrogen-bond acceptors (Lipinski definition) is 1. The van der Waals surface area contributed by atoms with Crippen LogP contribution in [0.25, 0.3) is 6.08 Å². The van der Waals surface area contributed by atoms with E-state index in [4.69, 9.17) is 0 Å². The Hall–Kier alpha value is -1.08. The van der Waals surface area contributed by atoms with Crippen molar-refractivity contribution in [3.8, 4) is 0 Å². The Labute approximate surface area is 117 Å². The molecule has 1 aliphatic carbocycles. The topological polar surface area (TPSA) is 20.2 Å². The fraction of sp³-hybridized carbons (Fsp3) is 0.556. The summed E-state index contributed by atoms with van der Waals surface area (Å²) in [4.78, 5) is 0. The van der Waals surface area contributed by atoms with E-state index in [1.54, 1.807) is 0 Å². The molecule has 0 spiro atoms. The van der Waals surface area contributed by atoms with Crippen molar-refractivity contribution in [2.24, 2.45) is 5.92 Å². The molecule has 0 heterocycles. The van der Waals surface area contributed by atoms with Gasteiger partial charge in [0, 0.05) is 0 Å². The van der Waals surface area contributed by atoms with Crippen LogP contribution in [0.4, 0.5) is 0 Å². The van der Waals surface area contributed by atoms with Crippen LogP contribution in [-0.4, -0.2) is 11.7 Å². The van der Waals surface area contributed by atoms with E-state index < -0.39 is 0 Å². The van der Waals surface area contributed by atoms with E-state index in [1.807, 2.05) is 0 Å². The first-order chi connectivity index (χ1) is 9.20. The lowest BCUT2D eigenvalue weighted by Crippen LogP contribution is -2.11. The summed E-state index contributed by atoms with van der Waals surface area (Å²) < 4.78 is 0. The Morgan fingerprint density at radius 2 is 1.79 bits per heavy atom. The molecular weight excluding hydrogens is 232 g/mol. The Kier molecular flexibility index (Phi) is 5.21. The highest BCUT2D eigenvalue weighted by atomic mass is 16.3. The summed E-state index contributed by atoms with van der Waals surface area (Å²) in [5.41, 5.74) is 3.82. The molecule has 2 rings (SSSR count). The minimum atomic E-state index is 0.205. The molecule has 1 aliphatic rings. The van der Waals surface area contributed by atoms with Crippen LogP contribution in [0.3, 0.4) is 0 Å². The number of benzene rings is 1. The van der Waals surface area contributed by atoms with Crippen LogP contribution < -0.4 is 0 Å². The highest BCUT2D eigenvalue weighted by Crippen LogP contribution is 2.30. The lowest BCUT2D eigenvalue weighted by Gasteiger charge is -2.23. The van der Waals surface area contributed by atoms with E-state index in [2.05, 4.69) is 44.2 Å². The second-order valence-electron chi connectivity index (χ2n) is 6.03. The third-order valence-electron chi connectivity index (χ3n) is 4.27. The summed E-state index contributed by atoms with van der Waals surface area (Å²) in [6.07, 6.45) is 8.67. The summed E-state index contributed by atoms with van der Waals surface area (Å²) >= 11 is 0. The van der Waals surface area contributed by atoms with E-state index in [0.717, 1.165) is 0 Å². The predicted octanol–water partition coefficient (Wildman–Crippen LogP) is 4.77. The average molecular weight is 258 g/mol. The Morgan fingerprint density at radius 1 is 1.16 bits per heavy atom. The van der Waals surface area contributed by atoms with E-state index in [1.165, 1.54) is 48.8 Å². The second-order valence-corrected chi connectivity index (χ2v) is 6.03. The monoisotopic (exact) mass is 258 g/mol. The van der Waals surface area contributed by atoms with E-state index in [-0.39, 0.29) is 6.61 Å². The van der Waals surface area contributed by atoms with Gasteiger partial charge in [0.05, 0.1) is 6.61 Å². The van der Waals surface area contributed by atoms with Crippen LogP contribution in [0.1, 0.15) is 63.0 Å². The normalized spacial score (nSPS) is 18.0. The summed E-state index contributed by atoms with van der Waals surface area (Å²) in [5, 5.41) is 9.61. The van der Waals surface area contributed by atoms with Gasteiger partial charge in [-0.2, -0.15) is 0 Å². The number of aliphatic hydroxyl groups excluding tert-OH is 1. The van der Waals surface area contributed by atoms with E-state index >= 15 is 0 Å². The van der Waals surface area contributed by atoms with Gasteiger partial charge in [-0.25, -0.2) is 0 Å². The molecule has 1 aromatic rings. The molecule has 0 aromatic heterocycles. The fourth-order valence-electron chi connectivity index (χ4n) is 2.96. The largest absolute Gasteiger partial charge is 0.392 e. The molecule has 0 saturated heterocycles. The summed E-state index contributed by atoms with van der Waals surface area (Å²) in [6, 6.07) is 8.75. The average Bonchev–Trinajstić information content (AvgIpc) is 2.46. The third-order valence-corrected chi connectivity index (χ3v) is 4.27. The highest BCUT2D eigenvalue weighted by molar-refractivity contribution is 5.54. The van der Waals surface area contributed by atoms with Crippen molar-refractivity contribution < 1.29 is 5.11 Å². The first-order valence-electron chi connectivity index (χ1n) is 7.62. The molecule has 1 saturated carbocycles. The maximum Gasteiger partial charge on any atom is 0.0647 e. The SMILES string of the molecule is CC(C)c1ccc(C=C(CO)C2CCCCC2)cc1. The molecular formula is C18H26O. The van der Waals surface area contributed by atoms with Crippen molar-refractivity contribution in [2.75, 3.05) is 6.61 Å². The van der Waals surface area contributed by atoms with Gasteiger partial charge < -0.3 is 5.11 Å². The van der Waals surface area contributed by atoms with Crippen molar-refractivity contribution in [3.05, 3.63) is 41.0 Å². The third kappa shape index (κ3) is 3.94. The van der Waals surface area contributed by atoms with Crippen LogP contribution in [0.2, 0.25) is 0 Å². The van der Waals surface area contributed by atoms with Gasteiger partial charge in [-0.15, -0.1) is 0 Å². The fourth-order valence-corrected chi connectivity index (χ4v) is 2.96. The Morgan fingerprint density at radius 3 is 2.32 bits per heavy atom. The van der Waals surface area contributed by atoms with Gasteiger partial charge in [0.15, 0.2) is 0 Å². The molecule has 0 radical (unpaired) electrons. The van der Waals surface area contributed by atoms with Gasteiger partial charge in [-0.05, 0) is 41.4 Å². The summed E-state index contributed by atoms with van der Waals surface area (Å²) in [6.45, 7) is 4.63. The van der Waals surface area contributed by atoms with Gasteiger partial charge in [-0.1, -0.05) is 63.5 Å². The Bertz CT molecular complexity index is 408. The smallest absolute Gasteiger partial charge is 0.0647 e. The molecule has 104 valence electrons. The van der Waals surface area contributed by atoms with Crippen molar-refractivity contribution in [2.45, 2.75) is 51.9 Å². The van der Waals surface area contributed by atoms with Crippen molar-refractivity contribution in [1.82, 2.24) is 0 Å². The van der Waals surface area contributed by atoms with Crippen molar-refractivity contribution in [1.29, 1.82) is 0 Å². The standard InChI is InChI=1S/C18H26O/c1-14(2)16-10-8-15(9-11-16)12-18(13-19)17-6-4-3-5-7-17/h8-12,14,17,19H,3-7,13H2,1-2H3. The van der Waals surface area contributed by atoms with Crippen LogP contribution in [-0.2, 0) is 0 Å². The Balaban J connectivity index is 2.12. The molecule has 1 aromatic carbocycles. The zero-order chi connectivity index (χ0) is 13.7. The molecule has 1 N–H and O–H groups in total. The zero-order valence-corrected chi connectivity index (χ0v) is 12.2. The number of hydrogen-bond donors (Lipinski definition) is 1.